The van der Waals surface area contributed by atoms with E-state index >= 15 is 0 Å². The SMILES string of the molecule is Cc1ccc(NC(=S)NC(=NC2CCCCC2)Nc2nc(C)cc(C)n2)c(C)c1. The van der Waals surface area contributed by atoms with Crippen LogP contribution in [0.2, 0.25) is 0 Å². The molecule has 1 aliphatic rings. The molecule has 0 amide bonds. The molecule has 1 saturated carbocycles. The summed E-state index contributed by atoms with van der Waals surface area (Å²) in [6.45, 7) is 8.06. The van der Waals surface area contributed by atoms with Crippen molar-refractivity contribution in [3.8, 4) is 0 Å². The maximum Gasteiger partial charge on any atom is 0.229 e. The molecule has 1 aromatic carbocycles. The van der Waals surface area contributed by atoms with Gasteiger partial charge in [0.05, 0.1) is 6.04 Å². The number of rotatable bonds is 3. The number of aromatic nitrogens is 2. The van der Waals surface area contributed by atoms with Crippen LogP contribution in [-0.4, -0.2) is 27.1 Å². The second-order valence-electron chi connectivity index (χ2n) is 7.77. The van der Waals surface area contributed by atoms with E-state index in [0.717, 1.165) is 35.5 Å². The largest absolute Gasteiger partial charge is 0.332 e. The Bertz CT molecular complexity index is 882. The van der Waals surface area contributed by atoms with Gasteiger partial charge in [0.15, 0.2) is 5.11 Å². The number of thiocarbonyl (C=S) groups is 1. The highest BCUT2D eigenvalue weighted by molar-refractivity contribution is 7.80. The zero-order chi connectivity index (χ0) is 20.8. The van der Waals surface area contributed by atoms with Gasteiger partial charge in [0.1, 0.15) is 0 Å². The van der Waals surface area contributed by atoms with Crippen molar-refractivity contribution in [2.45, 2.75) is 65.8 Å². The number of aryl methyl sites for hydroxylation is 4. The molecular formula is C22H30N6S. The smallest absolute Gasteiger partial charge is 0.229 e. The Morgan fingerprint density at radius 1 is 0.966 bits per heavy atom. The third-order valence-corrected chi connectivity index (χ3v) is 5.17. The average molecular weight is 411 g/mol. The van der Waals surface area contributed by atoms with Gasteiger partial charge in [-0.15, -0.1) is 0 Å². The van der Waals surface area contributed by atoms with Crippen molar-refractivity contribution in [2.24, 2.45) is 4.99 Å². The van der Waals surface area contributed by atoms with Gasteiger partial charge in [0.25, 0.3) is 0 Å². The molecular weight excluding hydrogens is 380 g/mol. The highest BCUT2D eigenvalue weighted by Crippen LogP contribution is 2.20. The molecule has 0 saturated heterocycles. The Morgan fingerprint density at radius 2 is 1.66 bits per heavy atom. The lowest BCUT2D eigenvalue weighted by Crippen LogP contribution is -2.40. The molecule has 1 aromatic heterocycles. The molecule has 29 heavy (non-hydrogen) atoms. The van der Waals surface area contributed by atoms with Gasteiger partial charge in [-0.2, -0.15) is 0 Å². The van der Waals surface area contributed by atoms with Gasteiger partial charge < -0.3 is 10.6 Å². The second-order valence-corrected chi connectivity index (χ2v) is 8.17. The molecule has 0 unspecified atom stereocenters. The van der Waals surface area contributed by atoms with Gasteiger partial charge in [-0.05, 0) is 70.5 Å². The molecule has 2 aromatic rings. The van der Waals surface area contributed by atoms with Crippen LogP contribution in [-0.2, 0) is 0 Å². The Labute approximate surface area is 178 Å². The summed E-state index contributed by atoms with van der Waals surface area (Å²) in [5.74, 6) is 1.11. The lowest BCUT2D eigenvalue weighted by molar-refractivity contribution is 0.443. The van der Waals surface area contributed by atoms with Gasteiger partial charge in [-0.3, -0.25) is 5.32 Å². The Hall–Kier alpha value is -2.54. The van der Waals surface area contributed by atoms with E-state index in [0.29, 0.717) is 17.0 Å². The molecule has 0 atom stereocenters. The van der Waals surface area contributed by atoms with Crippen LogP contribution in [0, 0.1) is 27.7 Å². The fourth-order valence-corrected chi connectivity index (χ4v) is 3.80. The number of hydrogen-bond donors (Lipinski definition) is 3. The number of benzene rings is 1. The van der Waals surface area contributed by atoms with Crippen LogP contribution in [0.25, 0.3) is 0 Å². The molecule has 0 aliphatic heterocycles. The molecule has 3 rings (SSSR count). The van der Waals surface area contributed by atoms with E-state index in [1.807, 2.05) is 26.0 Å². The fourth-order valence-electron chi connectivity index (χ4n) is 3.59. The highest BCUT2D eigenvalue weighted by Gasteiger charge is 2.15. The van der Waals surface area contributed by atoms with Crippen LogP contribution in [0.5, 0.6) is 0 Å². The van der Waals surface area contributed by atoms with E-state index in [9.17, 15) is 0 Å². The summed E-state index contributed by atoms with van der Waals surface area (Å²) >= 11 is 5.56. The summed E-state index contributed by atoms with van der Waals surface area (Å²) in [6, 6.07) is 8.47. The van der Waals surface area contributed by atoms with Crippen molar-refractivity contribution in [1.29, 1.82) is 0 Å². The van der Waals surface area contributed by atoms with E-state index in [2.05, 4.69) is 51.9 Å². The van der Waals surface area contributed by atoms with E-state index in [-0.39, 0.29) is 6.04 Å². The molecule has 1 heterocycles. The molecule has 0 bridgehead atoms. The molecule has 1 fully saturated rings. The van der Waals surface area contributed by atoms with Crippen LogP contribution < -0.4 is 16.0 Å². The summed E-state index contributed by atoms with van der Waals surface area (Å²) in [5, 5.41) is 10.2. The standard InChI is InChI=1S/C22H30N6S/c1-14-10-11-19(15(2)12-14)26-22(29)28-21(25-18-8-6-5-7-9-18)27-20-23-16(3)13-17(4)24-20/h10-13,18H,5-9H2,1-4H3,(H3,23,24,25,26,27,28,29). The Kier molecular flexibility index (Phi) is 7.14. The van der Waals surface area contributed by atoms with E-state index in [4.69, 9.17) is 17.2 Å². The van der Waals surface area contributed by atoms with Crippen LogP contribution >= 0.6 is 12.2 Å². The minimum Gasteiger partial charge on any atom is -0.332 e. The Balaban J connectivity index is 1.76. The molecule has 6 nitrogen and oxygen atoms in total. The molecule has 1 aliphatic carbocycles. The maximum absolute atomic E-state index is 5.56. The van der Waals surface area contributed by atoms with Gasteiger partial charge in [-0.1, -0.05) is 37.0 Å². The van der Waals surface area contributed by atoms with E-state index < -0.39 is 0 Å². The number of nitrogens with one attached hydrogen (secondary N) is 3. The predicted molar refractivity (Wildman–Crippen MR) is 125 cm³/mol. The topological polar surface area (TPSA) is 74.2 Å². The second kappa shape index (κ2) is 9.78. The average Bonchev–Trinajstić information content (AvgIpc) is 2.64. The van der Waals surface area contributed by atoms with Crippen molar-refractivity contribution in [3.05, 3.63) is 46.8 Å². The first-order valence-corrected chi connectivity index (χ1v) is 10.6. The van der Waals surface area contributed by atoms with Gasteiger partial charge in [0.2, 0.25) is 11.9 Å². The van der Waals surface area contributed by atoms with Gasteiger partial charge in [-0.25, -0.2) is 15.0 Å². The zero-order valence-corrected chi connectivity index (χ0v) is 18.5. The molecule has 0 radical (unpaired) electrons. The number of aliphatic imine (C=N–C) groups is 1. The highest BCUT2D eigenvalue weighted by atomic mass is 32.1. The molecule has 0 spiro atoms. The van der Waals surface area contributed by atoms with Crippen molar-refractivity contribution in [1.82, 2.24) is 15.3 Å². The lowest BCUT2D eigenvalue weighted by Gasteiger charge is -2.21. The summed E-state index contributed by atoms with van der Waals surface area (Å²) in [4.78, 5) is 13.8. The quantitative estimate of drug-likeness (QED) is 0.383. The normalized spacial score (nSPS) is 15.1. The van der Waals surface area contributed by atoms with Crippen molar-refractivity contribution >= 4 is 34.9 Å². The first-order chi connectivity index (χ1) is 13.9. The summed E-state index contributed by atoms with van der Waals surface area (Å²) in [6.07, 6.45) is 5.91. The van der Waals surface area contributed by atoms with Crippen LogP contribution in [0.4, 0.5) is 11.6 Å². The van der Waals surface area contributed by atoms with Crippen molar-refractivity contribution in [2.75, 3.05) is 10.6 Å². The minimum atomic E-state index is 0.286. The summed E-state index contributed by atoms with van der Waals surface area (Å²) in [5.41, 5.74) is 5.17. The minimum absolute atomic E-state index is 0.286. The maximum atomic E-state index is 5.56. The van der Waals surface area contributed by atoms with Crippen molar-refractivity contribution < 1.29 is 0 Å². The van der Waals surface area contributed by atoms with Crippen LogP contribution in [0.15, 0.2) is 29.3 Å². The lowest BCUT2D eigenvalue weighted by atomic mass is 9.96. The van der Waals surface area contributed by atoms with Crippen LogP contribution in [0.3, 0.4) is 0 Å². The molecule has 7 heteroatoms. The molecule has 154 valence electrons. The predicted octanol–water partition coefficient (Wildman–Crippen LogP) is 4.80. The number of nitrogens with zero attached hydrogens (tertiary/aromatic N) is 3. The third kappa shape index (κ3) is 6.49. The number of hydrogen-bond acceptors (Lipinski definition) is 4. The fraction of sp³-hybridized carbons (Fsp3) is 0.455. The zero-order valence-electron chi connectivity index (χ0n) is 17.7. The first-order valence-electron chi connectivity index (χ1n) is 10.2. The monoisotopic (exact) mass is 410 g/mol. The summed E-state index contributed by atoms with van der Waals surface area (Å²) in [7, 11) is 0. The molecule has 3 N–H and O–H groups in total. The third-order valence-electron chi connectivity index (χ3n) is 4.96. The van der Waals surface area contributed by atoms with Gasteiger partial charge >= 0.3 is 0 Å². The number of anilines is 2. The summed E-state index contributed by atoms with van der Waals surface area (Å²) < 4.78 is 0. The van der Waals surface area contributed by atoms with Crippen molar-refractivity contribution in [3.63, 3.8) is 0 Å². The number of guanidine groups is 1. The first kappa shape index (κ1) is 21.2. The van der Waals surface area contributed by atoms with E-state index in [1.54, 1.807) is 0 Å². The van der Waals surface area contributed by atoms with Crippen LogP contribution in [0.1, 0.15) is 54.6 Å². The van der Waals surface area contributed by atoms with Gasteiger partial charge in [0, 0.05) is 17.1 Å². The van der Waals surface area contributed by atoms with E-state index in [1.165, 1.54) is 24.8 Å². The Morgan fingerprint density at radius 3 is 2.31 bits per heavy atom.